The number of nitrogens with one attached hydrogen (secondary N) is 1. The Bertz CT molecular complexity index is 310. The standard InChI is InChI=1S/C8H10F3N3.C2H6/c1-5(2)14-7-3-6(8(9,10)11)12-4-13-7;1-2/h3-5H,1-2H3,(H,12,13,14);1-2H3. The second-order valence-electron chi connectivity index (χ2n) is 3.09. The van der Waals surface area contributed by atoms with E-state index in [9.17, 15) is 13.2 Å². The van der Waals surface area contributed by atoms with Crippen molar-refractivity contribution < 1.29 is 13.2 Å². The lowest BCUT2D eigenvalue weighted by Crippen LogP contribution is -2.14. The highest BCUT2D eigenvalue weighted by molar-refractivity contribution is 5.36. The van der Waals surface area contributed by atoms with Crippen LogP contribution in [0.4, 0.5) is 19.0 Å². The number of anilines is 1. The topological polar surface area (TPSA) is 37.8 Å². The molecule has 1 aromatic rings. The average molecular weight is 235 g/mol. The van der Waals surface area contributed by atoms with Gasteiger partial charge in [-0.15, -0.1) is 0 Å². The lowest BCUT2D eigenvalue weighted by Gasteiger charge is -2.10. The van der Waals surface area contributed by atoms with Crippen LogP contribution in [0.25, 0.3) is 0 Å². The predicted octanol–water partition coefficient (Wildman–Crippen LogP) is 3.34. The summed E-state index contributed by atoms with van der Waals surface area (Å²) in [5.74, 6) is 0.183. The molecule has 92 valence electrons. The van der Waals surface area contributed by atoms with Crippen molar-refractivity contribution in [1.82, 2.24) is 9.97 Å². The van der Waals surface area contributed by atoms with Crippen molar-refractivity contribution in [3.8, 4) is 0 Å². The number of rotatable bonds is 2. The number of hydrogen-bond donors (Lipinski definition) is 1. The van der Waals surface area contributed by atoms with Crippen molar-refractivity contribution in [2.24, 2.45) is 0 Å². The van der Waals surface area contributed by atoms with Gasteiger partial charge in [-0.05, 0) is 13.8 Å². The first kappa shape index (κ1) is 14.7. The molecule has 0 atom stereocenters. The molecule has 0 amide bonds. The van der Waals surface area contributed by atoms with Crippen LogP contribution in [0.3, 0.4) is 0 Å². The zero-order valence-electron chi connectivity index (χ0n) is 9.76. The summed E-state index contributed by atoms with van der Waals surface area (Å²) in [6.45, 7) is 7.63. The summed E-state index contributed by atoms with van der Waals surface area (Å²) in [6, 6.07) is 0.922. The summed E-state index contributed by atoms with van der Waals surface area (Å²) in [5.41, 5.74) is -0.935. The van der Waals surface area contributed by atoms with Gasteiger partial charge in [-0.2, -0.15) is 13.2 Å². The maximum Gasteiger partial charge on any atom is 0.433 e. The van der Waals surface area contributed by atoms with Crippen molar-refractivity contribution in [2.75, 3.05) is 5.32 Å². The number of nitrogens with zero attached hydrogens (tertiary/aromatic N) is 2. The number of alkyl halides is 3. The maximum absolute atomic E-state index is 12.2. The van der Waals surface area contributed by atoms with Crippen LogP contribution in [0.1, 0.15) is 33.4 Å². The van der Waals surface area contributed by atoms with E-state index in [0.717, 1.165) is 12.4 Å². The molecule has 0 radical (unpaired) electrons. The first-order chi connectivity index (χ1) is 7.39. The Morgan fingerprint density at radius 3 is 2.19 bits per heavy atom. The molecule has 0 aliphatic rings. The van der Waals surface area contributed by atoms with Gasteiger partial charge in [0.2, 0.25) is 0 Å². The molecular formula is C10H16F3N3. The van der Waals surface area contributed by atoms with Gasteiger partial charge in [-0.1, -0.05) is 13.8 Å². The molecule has 0 fully saturated rings. The molecule has 0 aliphatic heterocycles. The molecule has 0 spiro atoms. The fraction of sp³-hybridized carbons (Fsp3) is 0.600. The smallest absolute Gasteiger partial charge is 0.368 e. The quantitative estimate of drug-likeness (QED) is 0.854. The molecule has 1 rings (SSSR count). The van der Waals surface area contributed by atoms with Gasteiger partial charge in [-0.25, -0.2) is 9.97 Å². The molecule has 0 aliphatic carbocycles. The lowest BCUT2D eigenvalue weighted by atomic mass is 10.3. The molecule has 1 aromatic heterocycles. The van der Waals surface area contributed by atoms with Gasteiger partial charge in [0.15, 0.2) is 0 Å². The first-order valence-corrected chi connectivity index (χ1v) is 5.05. The molecule has 0 unspecified atom stereocenters. The van der Waals surface area contributed by atoms with Crippen LogP contribution in [0.15, 0.2) is 12.4 Å². The monoisotopic (exact) mass is 235 g/mol. The zero-order chi connectivity index (χ0) is 12.8. The molecule has 1 N–H and O–H groups in total. The number of aromatic nitrogens is 2. The van der Waals surface area contributed by atoms with Crippen LogP contribution in [0.2, 0.25) is 0 Å². The minimum atomic E-state index is -4.42. The second-order valence-corrected chi connectivity index (χ2v) is 3.09. The predicted molar refractivity (Wildman–Crippen MR) is 57.1 cm³/mol. The molecule has 6 heteroatoms. The Balaban J connectivity index is 0.00000106. The molecule has 0 aromatic carbocycles. The average Bonchev–Trinajstić information content (AvgIpc) is 2.19. The van der Waals surface area contributed by atoms with Gasteiger partial charge >= 0.3 is 6.18 Å². The number of hydrogen-bond acceptors (Lipinski definition) is 3. The maximum atomic E-state index is 12.2. The van der Waals surface area contributed by atoms with Crippen molar-refractivity contribution in [3.63, 3.8) is 0 Å². The zero-order valence-corrected chi connectivity index (χ0v) is 9.76. The van der Waals surface area contributed by atoms with E-state index in [2.05, 4.69) is 15.3 Å². The van der Waals surface area contributed by atoms with E-state index in [4.69, 9.17) is 0 Å². The molecule has 3 nitrogen and oxygen atoms in total. The Kier molecular flexibility index (Phi) is 5.77. The highest BCUT2D eigenvalue weighted by atomic mass is 19.4. The van der Waals surface area contributed by atoms with Crippen molar-refractivity contribution >= 4 is 5.82 Å². The Hall–Kier alpha value is -1.33. The second kappa shape index (κ2) is 6.30. The van der Waals surface area contributed by atoms with E-state index < -0.39 is 11.9 Å². The largest absolute Gasteiger partial charge is 0.433 e. The van der Waals surface area contributed by atoms with Crippen LogP contribution in [0.5, 0.6) is 0 Å². The summed E-state index contributed by atoms with van der Waals surface area (Å²) in [5, 5.41) is 2.77. The van der Waals surface area contributed by atoms with Gasteiger partial charge in [0.05, 0.1) is 0 Å². The summed E-state index contributed by atoms with van der Waals surface area (Å²) >= 11 is 0. The molecule has 1 heterocycles. The van der Waals surface area contributed by atoms with Gasteiger partial charge in [0, 0.05) is 12.1 Å². The van der Waals surface area contributed by atoms with Crippen LogP contribution in [-0.2, 0) is 6.18 Å². The molecular weight excluding hydrogens is 219 g/mol. The highest BCUT2D eigenvalue weighted by Gasteiger charge is 2.32. The van der Waals surface area contributed by atoms with Crippen molar-refractivity contribution in [2.45, 2.75) is 39.9 Å². The van der Waals surface area contributed by atoms with Gasteiger partial charge < -0.3 is 5.32 Å². The minimum Gasteiger partial charge on any atom is -0.368 e. The van der Waals surface area contributed by atoms with Gasteiger partial charge in [0.1, 0.15) is 17.8 Å². The van der Waals surface area contributed by atoms with Crippen LogP contribution < -0.4 is 5.32 Å². The highest BCUT2D eigenvalue weighted by Crippen LogP contribution is 2.28. The lowest BCUT2D eigenvalue weighted by molar-refractivity contribution is -0.141. The van der Waals surface area contributed by atoms with Gasteiger partial charge in [-0.3, -0.25) is 0 Å². The summed E-state index contributed by atoms with van der Waals surface area (Å²) in [4.78, 5) is 6.81. The van der Waals surface area contributed by atoms with E-state index in [1.165, 1.54) is 0 Å². The van der Waals surface area contributed by atoms with E-state index in [1.54, 1.807) is 0 Å². The van der Waals surface area contributed by atoms with Gasteiger partial charge in [0.25, 0.3) is 0 Å². The molecule has 0 saturated heterocycles. The van der Waals surface area contributed by atoms with Crippen LogP contribution >= 0.6 is 0 Å². The normalized spacial score (nSPS) is 10.8. The fourth-order valence-electron chi connectivity index (χ4n) is 0.887. The van der Waals surface area contributed by atoms with Crippen molar-refractivity contribution in [1.29, 1.82) is 0 Å². The fourth-order valence-corrected chi connectivity index (χ4v) is 0.887. The first-order valence-electron chi connectivity index (χ1n) is 5.05. The van der Waals surface area contributed by atoms with E-state index in [-0.39, 0.29) is 11.9 Å². The Morgan fingerprint density at radius 1 is 1.19 bits per heavy atom. The minimum absolute atomic E-state index is 0.0333. The van der Waals surface area contributed by atoms with Crippen LogP contribution in [-0.4, -0.2) is 16.0 Å². The third-order valence-electron chi connectivity index (χ3n) is 1.39. The summed E-state index contributed by atoms with van der Waals surface area (Å²) in [6.07, 6.45) is -3.52. The number of halogens is 3. The van der Waals surface area contributed by atoms with Crippen LogP contribution in [0, 0.1) is 0 Å². The third-order valence-corrected chi connectivity index (χ3v) is 1.39. The Morgan fingerprint density at radius 2 is 1.75 bits per heavy atom. The molecule has 0 bridgehead atoms. The molecule has 16 heavy (non-hydrogen) atoms. The SMILES string of the molecule is CC.CC(C)Nc1cc(C(F)(F)F)ncn1. The third kappa shape index (κ3) is 4.95. The van der Waals surface area contributed by atoms with E-state index in [0.29, 0.717) is 0 Å². The summed E-state index contributed by atoms with van der Waals surface area (Å²) in [7, 11) is 0. The van der Waals surface area contributed by atoms with Crippen molar-refractivity contribution in [3.05, 3.63) is 18.1 Å². The van der Waals surface area contributed by atoms with E-state index >= 15 is 0 Å². The Labute approximate surface area is 93.1 Å². The molecule has 0 saturated carbocycles. The van der Waals surface area contributed by atoms with E-state index in [1.807, 2.05) is 27.7 Å². The summed E-state index contributed by atoms with van der Waals surface area (Å²) < 4.78 is 36.6.